The van der Waals surface area contributed by atoms with Gasteiger partial charge in [0.25, 0.3) is 0 Å². The van der Waals surface area contributed by atoms with E-state index in [-0.39, 0.29) is 5.75 Å². The fourth-order valence-electron chi connectivity index (χ4n) is 3.29. The van der Waals surface area contributed by atoms with Gasteiger partial charge in [0.1, 0.15) is 11.3 Å². The van der Waals surface area contributed by atoms with Gasteiger partial charge in [0.2, 0.25) is 0 Å². The highest BCUT2D eigenvalue weighted by Gasteiger charge is 2.16. The summed E-state index contributed by atoms with van der Waals surface area (Å²) in [5.74, 6) is 1.70. The minimum Gasteiger partial charge on any atom is -0.504 e. The molecule has 2 aromatic carbocycles. The fraction of sp³-hybridized carbons (Fsp3) is 0.160. The van der Waals surface area contributed by atoms with Crippen LogP contribution in [0.2, 0.25) is 0 Å². The molecule has 9 nitrogen and oxygen atoms in total. The van der Waals surface area contributed by atoms with Crippen molar-refractivity contribution in [3.63, 3.8) is 0 Å². The number of amides is 1. The lowest BCUT2D eigenvalue weighted by Gasteiger charge is -2.13. The van der Waals surface area contributed by atoms with E-state index in [0.717, 1.165) is 16.8 Å². The molecule has 2 aromatic heterocycles. The number of benzene rings is 2. The fourth-order valence-corrected chi connectivity index (χ4v) is 3.29. The van der Waals surface area contributed by atoms with E-state index in [0.29, 0.717) is 28.8 Å². The molecule has 1 N–H and O–H groups in total. The van der Waals surface area contributed by atoms with Crippen LogP contribution in [0, 0.1) is 0 Å². The molecule has 0 radical (unpaired) electrons. The molecule has 0 saturated heterocycles. The standard InChI is InChI=1S/C25H24N4O5/c1-28(2)25(31)34-19-11-8-16(13-21(19)33-4)15-26-24-23(27-22-7-5-6-12-29(22)24)17-9-10-18(30)20(14-17)32-3/h5-15,30H,1-4H3. The largest absolute Gasteiger partial charge is 0.504 e. The predicted molar refractivity (Wildman–Crippen MR) is 129 cm³/mol. The molecule has 174 valence electrons. The molecular formula is C25H24N4O5. The number of phenolic OH excluding ortho intramolecular Hbond substituents is 1. The van der Waals surface area contributed by atoms with Crippen molar-refractivity contribution >= 4 is 23.8 Å². The summed E-state index contributed by atoms with van der Waals surface area (Å²) >= 11 is 0. The second kappa shape index (κ2) is 9.53. The highest BCUT2D eigenvalue weighted by atomic mass is 16.6. The molecule has 4 aromatic rings. The summed E-state index contributed by atoms with van der Waals surface area (Å²) in [6, 6.07) is 15.9. The molecular weight excluding hydrogens is 436 g/mol. The van der Waals surface area contributed by atoms with Gasteiger partial charge in [-0.3, -0.25) is 4.40 Å². The van der Waals surface area contributed by atoms with E-state index in [1.165, 1.54) is 19.1 Å². The van der Waals surface area contributed by atoms with E-state index < -0.39 is 6.09 Å². The lowest BCUT2D eigenvalue weighted by atomic mass is 10.1. The summed E-state index contributed by atoms with van der Waals surface area (Å²) in [6.07, 6.45) is 3.05. The number of pyridine rings is 1. The van der Waals surface area contributed by atoms with Gasteiger partial charge in [-0.15, -0.1) is 0 Å². The minimum atomic E-state index is -0.501. The Kier molecular flexibility index (Phi) is 6.35. The van der Waals surface area contributed by atoms with Crippen LogP contribution >= 0.6 is 0 Å². The molecule has 0 saturated carbocycles. The van der Waals surface area contributed by atoms with Gasteiger partial charge in [-0.2, -0.15) is 0 Å². The number of hydrogen-bond acceptors (Lipinski definition) is 7. The number of methoxy groups -OCH3 is 2. The number of fused-ring (bicyclic) bond motifs is 1. The second-order valence-electron chi connectivity index (χ2n) is 7.53. The van der Waals surface area contributed by atoms with Crippen LogP contribution in [0.15, 0.2) is 65.8 Å². The van der Waals surface area contributed by atoms with E-state index in [9.17, 15) is 9.90 Å². The van der Waals surface area contributed by atoms with Gasteiger partial charge in [-0.25, -0.2) is 14.8 Å². The molecule has 9 heteroatoms. The maximum Gasteiger partial charge on any atom is 0.414 e. The van der Waals surface area contributed by atoms with Crippen molar-refractivity contribution in [1.82, 2.24) is 14.3 Å². The van der Waals surface area contributed by atoms with Crippen molar-refractivity contribution in [2.75, 3.05) is 28.3 Å². The maximum atomic E-state index is 11.9. The Morgan fingerprint density at radius 3 is 2.56 bits per heavy atom. The minimum absolute atomic E-state index is 0.0437. The summed E-state index contributed by atoms with van der Waals surface area (Å²) in [7, 11) is 6.21. The van der Waals surface area contributed by atoms with Crippen LogP contribution in [0.3, 0.4) is 0 Å². The number of carbonyl (C=O) groups is 1. The summed E-state index contributed by atoms with van der Waals surface area (Å²) < 4.78 is 17.9. The monoisotopic (exact) mass is 460 g/mol. The first-order chi connectivity index (χ1) is 16.4. The average Bonchev–Trinajstić information content (AvgIpc) is 3.22. The first-order valence-corrected chi connectivity index (χ1v) is 10.4. The van der Waals surface area contributed by atoms with Gasteiger partial charge in [-0.1, -0.05) is 6.07 Å². The Hall–Kier alpha value is -4.53. The first kappa shape index (κ1) is 22.7. The number of aromatic nitrogens is 2. The van der Waals surface area contributed by atoms with Crippen LogP contribution in [0.1, 0.15) is 5.56 Å². The molecule has 0 bridgehead atoms. The molecule has 2 heterocycles. The van der Waals surface area contributed by atoms with Crippen LogP contribution in [-0.4, -0.2) is 60.0 Å². The van der Waals surface area contributed by atoms with E-state index in [1.54, 1.807) is 56.7 Å². The number of aliphatic imine (C=N–C) groups is 1. The van der Waals surface area contributed by atoms with Crippen LogP contribution in [-0.2, 0) is 0 Å². The van der Waals surface area contributed by atoms with E-state index in [2.05, 4.69) is 0 Å². The number of carbonyl (C=O) groups excluding carboxylic acids is 1. The second-order valence-corrected chi connectivity index (χ2v) is 7.53. The van der Waals surface area contributed by atoms with E-state index in [1.807, 2.05) is 28.8 Å². The summed E-state index contributed by atoms with van der Waals surface area (Å²) in [4.78, 5) is 22.7. The summed E-state index contributed by atoms with van der Waals surface area (Å²) in [5, 5.41) is 9.97. The molecule has 0 aliphatic rings. The van der Waals surface area contributed by atoms with Gasteiger partial charge < -0.3 is 24.2 Å². The zero-order valence-electron chi connectivity index (χ0n) is 19.2. The van der Waals surface area contributed by atoms with Crippen molar-refractivity contribution in [2.45, 2.75) is 0 Å². The number of aromatic hydroxyl groups is 1. The molecule has 4 rings (SSSR count). The number of imidazole rings is 1. The summed E-state index contributed by atoms with van der Waals surface area (Å²) in [6.45, 7) is 0. The van der Waals surface area contributed by atoms with Crippen molar-refractivity contribution in [3.8, 4) is 34.3 Å². The summed E-state index contributed by atoms with van der Waals surface area (Å²) in [5.41, 5.74) is 2.83. The molecule has 1 amide bonds. The van der Waals surface area contributed by atoms with Crippen LogP contribution in [0.25, 0.3) is 16.9 Å². The molecule has 34 heavy (non-hydrogen) atoms. The van der Waals surface area contributed by atoms with Gasteiger partial charge in [0.15, 0.2) is 28.8 Å². The normalized spacial score (nSPS) is 11.1. The lowest BCUT2D eigenvalue weighted by molar-refractivity contribution is 0.170. The Bertz CT molecular complexity index is 1380. The number of rotatable bonds is 6. The zero-order valence-corrected chi connectivity index (χ0v) is 19.2. The zero-order chi connectivity index (χ0) is 24.2. The molecule has 0 aliphatic carbocycles. The Balaban J connectivity index is 1.74. The van der Waals surface area contributed by atoms with Gasteiger partial charge in [0.05, 0.1) is 14.2 Å². The number of hydrogen-bond donors (Lipinski definition) is 1. The van der Waals surface area contributed by atoms with Gasteiger partial charge in [-0.05, 0) is 54.1 Å². The Morgan fingerprint density at radius 1 is 1.03 bits per heavy atom. The highest BCUT2D eigenvalue weighted by molar-refractivity contribution is 5.86. The molecule has 0 fully saturated rings. The Labute approximate surface area is 196 Å². The first-order valence-electron chi connectivity index (χ1n) is 10.4. The van der Waals surface area contributed by atoms with Crippen molar-refractivity contribution < 1.29 is 24.1 Å². The van der Waals surface area contributed by atoms with Gasteiger partial charge >= 0.3 is 6.09 Å². The topological polar surface area (TPSA) is 97.9 Å². The number of phenols is 1. The number of ether oxygens (including phenoxy) is 3. The third kappa shape index (κ3) is 4.49. The third-order valence-electron chi connectivity index (χ3n) is 5.04. The van der Waals surface area contributed by atoms with Crippen molar-refractivity contribution in [1.29, 1.82) is 0 Å². The molecule has 0 atom stereocenters. The highest BCUT2D eigenvalue weighted by Crippen LogP contribution is 2.36. The SMILES string of the molecule is COc1cc(-c2nc3ccccn3c2N=Cc2ccc(OC(=O)N(C)C)c(OC)c2)ccc1O. The van der Waals surface area contributed by atoms with E-state index in [4.69, 9.17) is 24.2 Å². The number of nitrogens with zero attached hydrogens (tertiary/aromatic N) is 4. The van der Waals surface area contributed by atoms with Crippen LogP contribution < -0.4 is 14.2 Å². The van der Waals surface area contributed by atoms with E-state index >= 15 is 0 Å². The molecule has 0 unspecified atom stereocenters. The van der Waals surface area contributed by atoms with Crippen molar-refractivity contribution in [2.24, 2.45) is 4.99 Å². The molecule has 0 aliphatic heterocycles. The average molecular weight is 460 g/mol. The quantitative estimate of drug-likeness (QED) is 0.425. The lowest BCUT2D eigenvalue weighted by Crippen LogP contribution is -2.25. The smallest absolute Gasteiger partial charge is 0.414 e. The predicted octanol–water partition coefficient (Wildman–Crippen LogP) is 4.54. The van der Waals surface area contributed by atoms with Crippen LogP contribution in [0.4, 0.5) is 10.6 Å². The van der Waals surface area contributed by atoms with Crippen molar-refractivity contribution in [3.05, 3.63) is 66.4 Å². The van der Waals surface area contributed by atoms with Crippen LogP contribution in [0.5, 0.6) is 23.0 Å². The maximum absolute atomic E-state index is 11.9. The Morgan fingerprint density at radius 2 is 1.82 bits per heavy atom. The molecule has 0 spiro atoms. The van der Waals surface area contributed by atoms with Gasteiger partial charge in [0, 0.05) is 32.1 Å². The third-order valence-corrected chi connectivity index (χ3v) is 5.04.